The van der Waals surface area contributed by atoms with Gasteiger partial charge in [0.1, 0.15) is 17.5 Å². The quantitative estimate of drug-likeness (QED) is 0.495. The molecule has 3 N–H and O–H groups in total. The van der Waals surface area contributed by atoms with Gasteiger partial charge in [-0.15, -0.1) is 0 Å². The lowest BCUT2D eigenvalue weighted by molar-refractivity contribution is -0.137. The molecule has 29 heavy (non-hydrogen) atoms. The third kappa shape index (κ3) is 3.88. The number of nitrogen functional groups attached to an aromatic ring is 1. The van der Waals surface area contributed by atoms with Crippen molar-refractivity contribution in [2.45, 2.75) is 6.18 Å². The van der Waals surface area contributed by atoms with Crippen LogP contribution in [0.15, 0.2) is 67.1 Å². The fourth-order valence-corrected chi connectivity index (χ4v) is 2.70. The van der Waals surface area contributed by atoms with Crippen molar-refractivity contribution in [2.75, 3.05) is 11.1 Å². The number of alkyl halides is 3. The third-order valence-electron chi connectivity index (χ3n) is 4.12. The average molecular weight is 397 g/mol. The molecule has 2 aromatic heterocycles. The van der Waals surface area contributed by atoms with Crippen molar-refractivity contribution in [3.05, 3.63) is 72.7 Å². The third-order valence-corrected chi connectivity index (χ3v) is 4.12. The summed E-state index contributed by atoms with van der Waals surface area (Å²) in [5.41, 5.74) is 6.51. The van der Waals surface area contributed by atoms with Gasteiger partial charge in [-0.05, 0) is 36.4 Å². The number of halogens is 3. The number of hydrogen-bond acceptors (Lipinski definition) is 6. The second kappa shape index (κ2) is 7.27. The summed E-state index contributed by atoms with van der Waals surface area (Å²) >= 11 is 0. The number of nitrogens with zero attached hydrogens (tertiary/aromatic N) is 3. The lowest BCUT2D eigenvalue weighted by atomic mass is 10.2. The second-order valence-corrected chi connectivity index (χ2v) is 6.07. The Morgan fingerprint density at radius 1 is 0.897 bits per heavy atom. The smallest absolute Gasteiger partial charge is 0.416 e. The zero-order valence-corrected chi connectivity index (χ0v) is 14.8. The number of benzene rings is 2. The van der Waals surface area contributed by atoms with Crippen LogP contribution in [0.1, 0.15) is 5.56 Å². The Morgan fingerprint density at radius 2 is 1.66 bits per heavy atom. The van der Waals surface area contributed by atoms with Crippen molar-refractivity contribution >= 4 is 28.1 Å². The van der Waals surface area contributed by atoms with Gasteiger partial charge in [-0.1, -0.05) is 18.2 Å². The number of fused-ring (bicyclic) bond motifs is 1. The van der Waals surface area contributed by atoms with Gasteiger partial charge >= 0.3 is 6.18 Å². The summed E-state index contributed by atoms with van der Waals surface area (Å²) in [7, 11) is 0. The predicted octanol–water partition coefficient (Wildman–Crippen LogP) is 5.16. The molecular formula is C20H14F3N5O. The van der Waals surface area contributed by atoms with E-state index in [0.29, 0.717) is 17.0 Å². The van der Waals surface area contributed by atoms with Crippen molar-refractivity contribution in [3.8, 4) is 11.6 Å². The Morgan fingerprint density at radius 3 is 2.41 bits per heavy atom. The second-order valence-electron chi connectivity index (χ2n) is 6.07. The van der Waals surface area contributed by atoms with E-state index in [1.54, 1.807) is 12.3 Å². The fourth-order valence-electron chi connectivity index (χ4n) is 2.70. The van der Waals surface area contributed by atoms with Crippen molar-refractivity contribution < 1.29 is 17.9 Å². The van der Waals surface area contributed by atoms with Gasteiger partial charge in [0.25, 0.3) is 0 Å². The van der Waals surface area contributed by atoms with Gasteiger partial charge in [-0.3, -0.25) is 4.98 Å². The molecule has 0 spiro atoms. The van der Waals surface area contributed by atoms with Crippen LogP contribution in [0.3, 0.4) is 0 Å². The standard InChI is InChI=1S/C20H14F3N5O/c21-20(22,23)13-6-8-14(9-7-13)28-18-16(24)19(27-11-26-18)29-15-5-1-3-12-4-2-10-25-17(12)15/h1-11H,24H2,(H,26,27,28). The number of para-hydroxylation sites is 1. The highest BCUT2D eigenvalue weighted by atomic mass is 19.4. The minimum Gasteiger partial charge on any atom is -0.435 e. The molecule has 4 rings (SSSR count). The molecule has 0 aliphatic rings. The molecule has 0 saturated heterocycles. The zero-order chi connectivity index (χ0) is 20.4. The Hall–Kier alpha value is -3.88. The average Bonchev–Trinajstić information content (AvgIpc) is 2.71. The molecule has 2 aromatic carbocycles. The van der Waals surface area contributed by atoms with Gasteiger partial charge in [0, 0.05) is 17.3 Å². The maximum absolute atomic E-state index is 12.7. The van der Waals surface area contributed by atoms with Gasteiger partial charge in [0.15, 0.2) is 11.6 Å². The summed E-state index contributed by atoms with van der Waals surface area (Å²) < 4.78 is 43.9. The number of nitrogens with one attached hydrogen (secondary N) is 1. The van der Waals surface area contributed by atoms with E-state index in [-0.39, 0.29) is 17.4 Å². The van der Waals surface area contributed by atoms with Crippen LogP contribution in [-0.2, 0) is 6.18 Å². The van der Waals surface area contributed by atoms with Gasteiger partial charge in [-0.2, -0.15) is 18.2 Å². The molecule has 0 radical (unpaired) electrons. The Kier molecular flexibility index (Phi) is 4.63. The van der Waals surface area contributed by atoms with E-state index in [1.165, 1.54) is 18.5 Å². The first-order valence-electron chi connectivity index (χ1n) is 8.48. The van der Waals surface area contributed by atoms with E-state index in [2.05, 4.69) is 20.3 Å². The molecule has 0 aliphatic carbocycles. The molecule has 0 unspecified atom stereocenters. The van der Waals surface area contributed by atoms with Crippen molar-refractivity contribution in [1.82, 2.24) is 15.0 Å². The van der Waals surface area contributed by atoms with Crippen LogP contribution in [0.5, 0.6) is 11.6 Å². The summed E-state index contributed by atoms with van der Waals surface area (Å²) in [6, 6.07) is 13.7. The van der Waals surface area contributed by atoms with Crippen molar-refractivity contribution in [1.29, 1.82) is 0 Å². The molecule has 2 heterocycles. The van der Waals surface area contributed by atoms with E-state index in [9.17, 15) is 13.2 Å². The van der Waals surface area contributed by atoms with Gasteiger partial charge < -0.3 is 15.8 Å². The molecule has 6 nitrogen and oxygen atoms in total. The topological polar surface area (TPSA) is 86.0 Å². The minimum absolute atomic E-state index is 0.104. The Bertz CT molecular complexity index is 1160. The summed E-state index contributed by atoms with van der Waals surface area (Å²) in [5.74, 6) is 0.782. The Labute approximate surface area is 163 Å². The highest BCUT2D eigenvalue weighted by molar-refractivity contribution is 5.84. The predicted molar refractivity (Wildman–Crippen MR) is 103 cm³/mol. The van der Waals surface area contributed by atoms with Crippen LogP contribution >= 0.6 is 0 Å². The van der Waals surface area contributed by atoms with Crippen LogP contribution in [-0.4, -0.2) is 15.0 Å². The largest absolute Gasteiger partial charge is 0.435 e. The number of hydrogen-bond donors (Lipinski definition) is 2. The SMILES string of the molecule is Nc1c(Nc2ccc(C(F)(F)F)cc2)ncnc1Oc1cccc2cccnc12. The van der Waals surface area contributed by atoms with Crippen LogP contribution in [0.2, 0.25) is 0 Å². The molecule has 9 heteroatoms. The molecule has 0 fully saturated rings. The van der Waals surface area contributed by atoms with Crippen molar-refractivity contribution in [2.24, 2.45) is 0 Å². The lowest BCUT2D eigenvalue weighted by Crippen LogP contribution is -2.05. The first-order valence-corrected chi connectivity index (χ1v) is 8.48. The molecule has 146 valence electrons. The molecule has 0 aliphatic heterocycles. The molecular weight excluding hydrogens is 383 g/mol. The first kappa shape index (κ1) is 18.5. The highest BCUT2D eigenvalue weighted by Gasteiger charge is 2.30. The van der Waals surface area contributed by atoms with E-state index in [1.807, 2.05) is 24.3 Å². The maximum atomic E-state index is 12.7. The van der Waals surface area contributed by atoms with E-state index in [4.69, 9.17) is 10.5 Å². The molecule has 0 bridgehead atoms. The van der Waals surface area contributed by atoms with E-state index >= 15 is 0 Å². The summed E-state index contributed by atoms with van der Waals surface area (Å²) in [5, 5.41) is 3.76. The van der Waals surface area contributed by atoms with Gasteiger partial charge in [0.2, 0.25) is 5.88 Å². The highest BCUT2D eigenvalue weighted by Crippen LogP contribution is 2.34. The number of aromatic nitrogens is 3. The first-order chi connectivity index (χ1) is 13.9. The zero-order valence-electron chi connectivity index (χ0n) is 14.8. The summed E-state index contributed by atoms with van der Waals surface area (Å²) in [6.07, 6.45) is -1.51. The Balaban J connectivity index is 1.60. The van der Waals surface area contributed by atoms with Crippen molar-refractivity contribution in [3.63, 3.8) is 0 Å². The molecule has 0 amide bonds. The van der Waals surface area contributed by atoms with Crippen LogP contribution in [0.4, 0.5) is 30.4 Å². The maximum Gasteiger partial charge on any atom is 0.416 e. The van der Waals surface area contributed by atoms with Gasteiger partial charge in [0.05, 0.1) is 5.56 Å². The normalized spacial score (nSPS) is 11.4. The number of ether oxygens (including phenoxy) is 1. The fraction of sp³-hybridized carbons (Fsp3) is 0.0500. The minimum atomic E-state index is -4.40. The van der Waals surface area contributed by atoms with Crippen LogP contribution in [0, 0.1) is 0 Å². The number of pyridine rings is 1. The monoisotopic (exact) mass is 397 g/mol. The van der Waals surface area contributed by atoms with E-state index < -0.39 is 11.7 Å². The molecule has 4 aromatic rings. The number of anilines is 3. The molecule has 0 saturated carbocycles. The number of rotatable bonds is 4. The van der Waals surface area contributed by atoms with Crippen LogP contribution in [0.25, 0.3) is 10.9 Å². The molecule has 0 atom stereocenters. The van der Waals surface area contributed by atoms with Gasteiger partial charge in [-0.25, -0.2) is 4.98 Å². The summed E-state index contributed by atoms with van der Waals surface area (Å²) in [4.78, 5) is 12.4. The summed E-state index contributed by atoms with van der Waals surface area (Å²) in [6.45, 7) is 0. The van der Waals surface area contributed by atoms with E-state index in [0.717, 1.165) is 17.5 Å². The lowest BCUT2D eigenvalue weighted by Gasteiger charge is -2.13. The number of nitrogens with two attached hydrogens (primary N) is 1. The van der Waals surface area contributed by atoms with Crippen LogP contribution < -0.4 is 15.8 Å².